The van der Waals surface area contributed by atoms with Gasteiger partial charge in [0.15, 0.2) is 0 Å². The molecule has 1 heterocycles. The number of benzene rings is 2. The average molecular weight is 303 g/mol. The van der Waals surface area contributed by atoms with Crippen molar-refractivity contribution in [1.29, 1.82) is 0 Å². The van der Waals surface area contributed by atoms with Crippen LogP contribution in [0.2, 0.25) is 5.02 Å². The molecule has 2 N–H and O–H groups in total. The Hall–Kier alpha value is -1.84. The van der Waals surface area contributed by atoms with Crippen LogP contribution in [0.5, 0.6) is 0 Å². The first-order valence-corrected chi connectivity index (χ1v) is 7.25. The largest absolute Gasteiger partial charge is 0.361 e. The third-order valence-corrected chi connectivity index (χ3v) is 3.91. The summed E-state index contributed by atoms with van der Waals surface area (Å²) in [5, 5.41) is 5.29. The number of hydrogen-bond acceptors (Lipinski definition) is 1. The molecule has 0 bridgehead atoms. The van der Waals surface area contributed by atoms with Crippen molar-refractivity contribution >= 4 is 22.5 Å². The molecule has 1 atom stereocenters. The normalized spacial score (nSPS) is 12.7. The fourth-order valence-corrected chi connectivity index (χ4v) is 2.63. The fraction of sp³-hybridized carbons (Fsp3) is 0.176. The summed E-state index contributed by atoms with van der Waals surface area (Å²) in [4.78, 5) is 3.22. The molecule has 3 rings (SSSR count). The van der Waals surface area contributed by atoms with Crippen LogP contribution >= 0.6 is 11.6 Å². The first kappa shape index (κ1) is 14.1. The molecule has 0 amide bonds. The summed E-state index contributed by atoms with van der Waals surface area (Å²) in [5.74, 6) is -0.206. The molecule has 21 heavy (non-hydrogen) atoms. The molecule has 2 nitrogen and oxygen atoms in total. The molecular weight excluding hydrogens is 287 g/mol. The summed E-state index contributed by atoms with van der Waals surface area (Å²) in [7, 11) is 0. The number of H-pyrrole nitrogens is 1. The maximum Gasteiger partial charge on any atom is 0.123 e. The third-order valence-electron chi connectivity index (χ3n) is 3.68. The maximum absolute atomic E-state index is 13.2. The highest BCUT2D eigenvalue weighted by atomic mass is 35.5. The minimum absolute atomic E-state index is 0.0814. The topological polar surface area (TPSA) is 27.8 Å². The highest BCUT2D eigenvalue weighted by Crippen LogP contribution is 2.23. The fourth-order valence-electron chi connectivity index (χ4n) is 2.46. The van der Waals surface area contributed by atoms with E-state index in [-0.39, 0.29) is 11.9 Å². The number of rotatable bonds is 4. The Kier molecular flexibility index (Phi) is 3.95. The SMILES string of the molecule is C[C@@H](NCc1c[nH]c2cc(Cl)ccc12)c1cccc(F)c1. The van der Waals surface area contributed by atoms with Gasteiger partial charge in [-0.05, 0) is 42.3 Å². The van der Waals surface area contributed by atoms with Gasteiger partial charge in [-0.25, -0.2) is 4.39 Å². The smallest absolute Gasteiger partial charge is 0.123 e. The van der Waals surface area contributed by atoms with E-state index in [1.54, 1.807) is 12.1 Å². The van der Waals surface area contributed by atoms with Crippen LogP contribution in [0, 0.1) is 5.82 Å². The molecule has 0 unspecified atom stereocenters. The molecule has 0 aliphatic carbocycles. The summed E-state index contributed by atoms with van der Waals surface area (Å²) in [5.41, 5.74) is 3.14. The van der Waals surface area contributed by atoms with E-state index in [1.807, 2.05) is 37.4 Å². The molecule has 0 spiro atoms. The Morgan fingerprint density at radius 1 is 1.24 bits per heavy atom. The van der Waals surface area contributed by atoms with Crippen molar-refractivity contribution in [2.24, 2.45) is 0 Å². The molecule has 3 aromatic rings. The van der Waals surface area contributed by atoms with Crippen molar-refractivity contribution in [3.63, 3.8) is 0 Å². The van der Waals surface area contributed by atoms with Crippen LogP contribution in [0.4, 0.5) is 4.39 Å². The maximum atomic E-state index is 13.2. The van der Waals surface area contributed by atoms with Crippen LogP contribution in [0.15, 0.2) is 48.7 Å². The molecule has 0 fully saturated rings. The molecule has 0 saturated heterocycles. The van der Waals surface area contributed by atoms with E-state index in [4.69, 9.17) is 11.6 Å². The van der Waals surface area contributed by atoms with E-state index >= 15 is 0 Å². The predicted octanol–water partition coefficient (Wildman–Crippen LogP) is 4.81. The summed E-state index contributed by atoms with van der Waals surface area (Å²) in [6, 6.07) is 12.6. The number of hydrogen-bond donors (Lipinski definition) is 2. The highest BCUT2D eigenvalue weighted by molar-refractivity contribution is 6.31. The van der Waals surface area contributed by atoms with Gasteiger partial charge in [-0.1, -0.05) is 29.8 Å². The van der Waals surface area contributed by atoms with Gasteiger partial charge < -0.3 is 10.3 Å². The van der Waals surface area contributed by atoms with Crippen molar-refractivity contribution in [3.8, 4) is 0 Å². The van der Waals surface area contributed by atoms with Crippen molar-refractivity contribution in [3.05, 3.63) is 70.6 Å². The van der Waals surface area contributed by atoms with Crippen molar-refractivity contribution in [2.75, 3.05) is 0 Å². The van der Waals surface area contributed by atoms with Gasteiger partial charge in [0.2, 0.25) is 0 Å². The number of halogens is 2. The molecule has 0 saturated carbocycles. The Morgan fingerprint density at radius 3 is 2.90 bits per heavy atom. The Bertz CT molecular complexity index is 766. The van der Waals surface area contributed by atoms with Crippen LogP contribution < -0.4 is 5.32 Å². The minimum Gasteiger partial charge on any atom is -0.361 e. The lowest BCUT2D eigenvalue weighted by atomic mass is 10.1. The van der Waals surface area contributed by atoms with Crippen molar-refractivity contribution in [1.82, 2.24) is 10.3 Å². The Labute approximate surface area is 127 Å². The van der Waals surface area contributed by atoms with E-state index in [2.05, 4.69) is 10.3 Å². The van der Waals surface area contributed by atoms with Crippen molar-refractivity contribution in [2.45, 2.75) is 19.5 Å². The number of fused-ring (bicyclic) bond motifs is 1. The van der Waals surface area contributed by atoms with E-state index in [9.17, 15) is 4.39 Å². The monoisotopic (exact) mass is 302 g/mol. The number of aromatic amines is 1. The van der Waals surface area contributed by atoms with Gasteiger partial charge in [0.25, 0.3) is 0 Å². The van der Waals surface area contributed by atoms with Gasteiger partial charge in [-0.3, -0.25) is 0 Å². The van der Waals surface area contributed by atoms with Crippen LogP contribution in [0.3, 0.4) is 0 Å². The molecule has 4 heteroatoms. The van der Waals surface area contributed by atoms with Gasteiger partial charge in [-0.2, -0.15) is 0 Å². The van der Waals surface area contributed by atoms with Crippen LogP contribution in [0.25, 0.3) is 10.9 Å². The standard InChI is InChI=1S/C17H16ClFN2/c1-11(12-3-2-4-15(19)7-12)20-9-13-10-21-17-8-14(18)5-6-16(13)17/h2-8,10-11,20-21H,9H2,1H3/t11-/m1/s1. The Balaban J connectivity index is 1.74. The summed E-state index contributed by atoms with van der Waals surface area (Å²) < 4.78 is 13.2. The first-order valence-electron chi connectivity index (χ1n) is 6.88. The van der Waals surface area contributed by atoms with Gasteiger partial charge in [0, 0.05) is 34.7 Å². The minimum atomic E-state index is -0.206. The van der Waals surface area contributed by atoms with E-state index in [1.165, 1.54) is 11.6 Å². The average Bonchev–Trinajstić information content (AvgIpc) is 2.87. The second-order valence-electron chi connectivity index (χ2n) is 5.16. The third kappa shape index (κ3) is 3.09. The summed E-state index contributed by atoms with van der Waals surface area (Å²) in [6.07, 6.45) is 1.98. The van der Waals surface area contributed by atoms with E-state index < -0.39 is 0 Å². The summed E-state index contributed by atoms with van der Waals surface area (Å²) in [6.45, 7) is 2.74. The van der Waals surface area contributed by atoms with Crippen LogP contribution in [-0.2, 0) is 6.54 Å². The predicted molar refractivity (Wildman–Crippen MR) is 85.0 cm³/mol. The molecule has 0 aliphatic rings. The zero-order valence-corrected chi connectivity index (χ0v) is 12.4. The number of nitrogens with one attached hydrogen (secondary N) is 2. The lowest BCUT2D eigenvalue weighted by Crippen LogP contribution is -2.18. The zero-order valence-electron chi connectivity index (χ0n) is 11.7. The highest BCUT2D eigenvalue weighted by Gasteiger charge is 2.08. The quantitative estimate of drug-likeness (QED) is 0.711. The number of aromatic nitrogens is 1. The van der Waals surface area contributed by atoms with Gasteiger partial charge in [0.05, 0.1) is 0 Å². The summed E-state index contributed by atoms with van der Waals surface area (Å²) >= 11 is 5.98. The molecule has 0 aliphatic heterocycles. The first-order chi connectivity index (χ1) is 10.1. The zero-order chi connectivity index (χ0) is 14.8. The molecule has 0 radical (unpaired) electrons. The molecule has 2 aromatic carbocycles. The lowest BCUT2D eigenvalue weighted by molar-refractivity contribution is 0.566. The van der Waals surface area contributed by atoms with Crippen LogP contribution in [0.1, 0.15) is 24.1 Å². The van der Waals surface area contributed by atoms with Crippen LogP contribution in [-0.4, -0.2) is 4.98 Å². The second-order valence-corrected chi connectivity index (χ2v) is 5.60. The molecular formula is C17H16ClFN2. The second kappa shape index (κ2) is 5.88. The Morgan fingerprint density at radius 2 is 2.10 bits per heavy atom. The van der Waals surface area contributed by atoms with Gasteiger partial charge in [0.1, 0.15) is 5.82 Å². The molecule has 108 valence electrons. The van der Waals surface area contributed by atoms with E-state index in [0.717, 1.165) is 21.5 Å². The van der Waals surface area contributed by atoms with Gasteiger partial charge >= 0.3 is 0 Å². The van der Waals surface area contributed by atoms with E-state index in [0.29, 0.717) is 6.54 Å². The van der Waals surface area contributed by atoms with Crippen molar-refractivity contribution < 1.29 is 4.39 Å². The lowest BCUT2D eigenvalue weighted by Gasteiger charge is -2.14. The molecule has 1 aromatic heterocycles. The van der Waals surface area contributed by atoms with Gasteiger partial charge in [-0.15, -0.1) is 0 Å².